The van der Waals surface area contributed by atoms with Crippen molar-refractivity contribution in [3.05, 3.63) is 90.1 Å². The molecule has 7 heteroatoms. The predicted molar refractivity (Wildman–Crippen MR) is 111 cm³/mol. The van der Waals surface area contributed by atoms with Gasteiger partial charge in [-0.05, 0) is 42.0 Å². The maximum absolute atomic E-state index is 11.5. The summed E-state index contributed by atoms with van der Waals surface area (Å²) < 4.78 is 24.9. The summed E-state index contributed by atoms with van der Waals surface area (Å²) in [5, 5.41) is 10.4. The van der Waals surface area contributed by atoms with Crippen molar-refractivity contribution in [2.45, 2.75) is 4.90 Å². The summed E-state index contributed by atoms with van der Waals surface area (Å²) in [6, 6.07) is 23.8. The number of sulfonamides is 1. The van der Waals surface area contributed by atoms with Gasteiger partial charge in [-0.2, -0.15) is 5.10 Å². The van der Waals surface area contributed by atoms with Gasteiger partial charge in [0, 0.05) is 16.1 Å². The summed E-state index contributed by atoms with van der Waals surface area (Å²) in [6.45, 7) is 0. The lowest BCUT2D eigenvalue weighted by Gasteiger charge is -2.11. The second-order valence-electron chi connectivity index (χ2n) is 6.23. The highest BCUT2D eigenvalue weighted by molar-refractivity contribution is 7.89. The first-order valence-electron chi connectivity index (χ1n) is 8.46. The molecule has 0 fully saturated rings. The summed E-state index contributed by atoms with van der Waals surface area (Å²) in [6.07, 6.45) is 1.77. The number of rotatable bonds is 4. The number of halogens is 1. The standard InChI is InChI=1S/C21H16ClN3O2S/c22-17-8-10-18(11-9-17)25-21(16-4-2-1-3-5-16)20(14-24-25)15-6-12-19(13-7-15)28(23,26)27/h1-14H,(H2,23,26,27). The van der Waals surface area contributed by atoms with E-state index in [0.29, 0.717) is 5.02 Å². The third-order valence-electron chi connectivity index (χ3n) is 4.38. The summed E-state index contributed by atoms with van der Waals surface area (Å²) in [4.78, 5) is 0.0719. The maximum Gasteiger partial charge on any atom is 0.238 e. The first-order chi connectivity index (χ1) is 13.4. The monoisotopic (exact) mass is 409 g/mol. The van der Waals surface area contributed by atoms with Crippen LogP contribution in [0, 0.1) is 0 Å². The van der Waals surface area contributed by atoms with Crippen LogP contribution in [-0.2, 0) is 10.0 Å². The predicted octanol–water partition coefficient (Wildman–Crippen LogP) is 4.51. The van der Waals surface area contributed by atoms with Crippen molar-refractivity contribution in [2.75, 3.05) is 0 Å². The molecule has 0 radical (unpaired) electrons. The third kappa shape index (κ3) is 3.57. The normalized spacial score (nSPS) is 11.5. The quantitative estimate of drug-likeness (QED) is 0.538. The number of hydrogen-bond donors (Lipinski definition) is 1. The van der Waals surface area contributed by atoms with Gasteiger partial charge in [0.05, 0.1) is 22.5 Å². The number of nitrogens with zero attached hydrogens (tertiary/aromatic N) is 2. The van der Waals surface area contributed by atoms with Crippen molar-refractivity contribution in [1.29, 1.82) is 0 Å². The van der Waals surface area contributed by atoms with Crippen molar-refractivity contribution >= 4 is 21.6 Å². The van der Waals surface area contributed by atoms with Crippen LogP contribution in [0.4, 0.5) is 0 Å². The first kappa shape index (κ1) is 18.4. The molecule has 4 aromatic rings. The molecule has 0 bridgehead atoms. The molecule has 0 saturated carbocycles. The van der Waals surface area contributed by atoms with E-state index < -0.39 is 10.0 Å². The van der Waals surface area contributed by atoms with Gasteiger partial charge in [0.15, 0.2) is 0 Å². The SMILES string of the molecule is NS(=O)(=O)c1ccc(-c2cnn(-c3ccc(Cl)cc3)c2-c2ccccc2)cc1. The van der Waals surface area contributed by atoms with Crippen molar-refractivity contribution < 1.29 is 8.42 Å². The van der Waals surface area contributed by atoms with Gasteiger partial charge in [-0.25, -0.2) is 18.2 Å². The molecule has 0 spiro atoms. The molecule has 1 aromatic heterocycles. The highest BCUT2D eigenvalue weighted by Gasteiger charge is 2.17. The molecule has 1 heterocycles. The fourth-order valence-electron chi connectivity index (χ4n) is 3.04. The van der Waals surface area contributed by atoms with Gasteiger partial charge < -0.3 is 0 Å². The minimum Gasteiger partial charge on any atom is -0.232 e. The van der Waals surface area contributed by atoms with Crippen molar-refractivity contribution in [1.82, 2.24) is 9.78 Å². The van der Waals surface area contributed by atoms with Gasteiger partial charge in [-0.1, -0.05) is 54.1 Å². The Kier molecular flexibility index (Phi) is 4.77. The number of hydrogen-bond acceptors (Lipinski definition) is 3. The topological polar surface area (TPSA) is 78.0 Å². The molecular formula is C21H16ClN3O2S. The van der Waals surface area contributed by atoms with E-state index in [9.17, 15) is 8.42 Å². The van der Waals surface area contributed by atoms with Gasteiger partial charge >= 0.3 is 0 Å². The van der Waals surface area contributed by atoms with Crippen LogP contribution in [-0.4, -0.2) is 18.2 Å². The van der Waals surface area contributed by atoms with E-state index in [-0.39, 0.29) is 4.90 Å². The lowest BCUT2D eigenvalue weighted by Crippen LogP contribution is -2.11. The molecule has 0 amide bonds. The van der Waals surface area contributed by atoms with Crippen LogP contribution in [0.25, 0.3) is 28.1 Å². The van der Waals surface area contributed by atoms with E-state index in [1.807, 2.05) is 59.3 Å². The maximum atomic E-state index is 11.5. The fraction of sp³-hybridized carbons (Fsp3) is 0. The van der Waals surface area contributed by atoms with Gasteiger partial charge in [0.1, 0.15) is 0 Å². The average Bonchev–Trinajstić information content (AvgIpc) is 3.14. The molecule has 0 aliphatic heterocycles. The van der Waals surface area contributed by atoms with Crippen LogP contribution >= 0.6 is 11.6 Å². The lowest BCUT2D eigenvalue weighted by atomic mass is 10.0. The second-order valence-corrected chi connectivity index (χ2v) is 8.23. The molecule has 0 unspecified atom stereocenters. The first-order valence-corrected chi connectivity index (χ1v) is 10.4. The van der Waals surface area contributed by atoms with E-state index >= 15 is 0 Å². The molecule has 5 nitrogen and oxygen atoms in total. The molecule has 0 atom stereocenters. The molecule has 2 N–H and O–H groups in total. The molecule has 0 aliphatic rings. The Morgan fingerprint density at radius 3 is 2.07 bits per heavy atom. The Morgan fingerprint density at radius 1 is 0.821 bits per heavy atom. The fourth-order valence-corrected chi connectivity index (χ4v) is 3.68. The summed E-state index contributed by atoms with van der Waals surface area (Å²) in [7, 11) is -3.74. The Hall–Kier alpha value is -2.93. The Labute approximate surface area is 168 Å². The molecule has 0 aliphatic carbocycles. The number of benzene rings is 3. The molecule has 3 aromatic carbocycles. The zero-order valence-corrected chi connectivity index (χ0v) is 16.2. The summed E-state index contributed by atoms with van der Waals surface area (Å²) in [5.74, 6) is 0. The Morgan fingerprint density at radius 2 is 1.46 bits per heavy atom. The van der Waals surface area contributed by atoms with Crippen LogP contribution in [0.1, 0.15) is 0 Å². The average molecular weight is 410 g/mol. The van der Waals surface area contributed by atoms with Gasteiger partial charge in [0.2, 0.25) is 10.0 Å². The van der Waals surface area contributed by atoms with Gasteiger partial charge in [-0.3, -0.25) is 0 Å². The van der Waals surface area contributed by atoms with E-state index in [4.69, 9.17) is 16.7 Å². The molecule has 4 rings (SSSR count). The zero-order chi connectivity index (χ0) is 19.7. The summed E-state index contributed by atoms with van der Waals surface area (Å²) >= 11 is 6.02. The Balaban J connectivity index is 1.90. The lowest BCUT2D eigenvalue weighted by molar-refractivity contribution is 0.598. The third-order valence-corrected chi connectivity index (χ3v) is 5.56. The second kappa shape index (κ2) is 7.24. The number of aromatic nitrogens is 2. The van der Waals surface area contributed by atoms with E-state index in [1.54, 1.807) is 18.3 Å². The van der Waals surface area contributed by atoms with Crippen LogP contribution in [0.3, 0.4) is 0 Å². The molecule has 140 valence electrons. The van der Waals surface area contributed by atoms with Crippen LogP contribution in [0.15, 0.2) is 90.0 Å². The molecule has 0 saturated heterocycles. The molecular weight excluding hydrogens is 394 g/mol. The minimum atomic E-state index is -3.74. The van der Waals surface area contributed by atoms with E-state index in [0.717, 1.165) is 28.1 Å². The van der Waals surface area contributed by atoms with E-state index in [1.165, 1.54) is 12.1 Å². The minimum absolute atomic E-state index is 0.0719. The van der Waals surface area contributed by atoms with Crippen molar-refractivity contribution in [3.63, 3.8) is 0 Å². The highest BCUT2D eigenvalue weighted by atomic mass is 35.5. The summed E-state index contributed by atoms with van der Waals surface area (Å²) in [5.41, 5.74) is 4.47. The van der Waals surface area contributed by atoms with Gasteiger partial charge in [-0.15, -0.1) is 0 Å². The number of primary sulfonamides is 1. The van der Waals surface area contributed by atoms with Crippen molar-refractivity contribution in [2.24, 2.45) is 5.14 Å². The van der Waals surface area contributed by atoms with E-state index in [2.05, 4.69) is 5.10 Å². The van der Waals surface area contributed by atoms with Crippen molar-refractivity contribution in [3.8, 4) is 28.1 Å². The van der Waals surface area contributed by atoms with Crippen LogP contribution in [0.5, 0.6) is 0 Å². The smallest absolute Gasteiger partial charge is 0.232 e. The van der Waals surface area contributed by atoms with Gasteiger partial charge in [0.25, 0.3) is 0 Å². The molecule has 28 heavy (non-hydrogen) atoms. The van der Waals surface area contributed by atoms with Crippen LogP contribution < -0.4 is 5.14 Å². The number of nitrogens with two attached hydrogens (primary N) is 1. The zero-order valence-electron chi connectivity index (χ0n) is 14.7. The van der Waals surface area contributed by atoms with Crippen LogP contribution in [0.2, 0.25) is 5.02 Å². The highest BCUT2D eigenvalue weighted by Crippen LogP contribution is 2.34. The largest absolute Gasteiger partial charge is 0.238 e. The Bertz CT molecular complexity index is 1220.